The van der Waals surface area contributed by atoms with E-state index in [1.807, 2.05) is 24.3 Å². The van der Waals surface area contributed by atoms with E-state index in [2.05, 4.69) is 35.3 Å². The molecule has 28 heavy (non-hydrogen) atoms. The van der Waals surface area contributed by atoms with Crippen LogP contribution in [0.5, 0.6) is 5.75 Å². The second kappa shape index (κ2) is 8.15. The maximum Gasteiger partial charge on any atom is 0.257 e. The van der Waals surface area contributed by atoms with Crippen LogP contribution in [-0.4, -0.2) is 37.8 Å². The van der Waals surface area contributed by atoms with Gasteiger partial charge in [0.25, 0.3) is 5.91 Å². The average molecular weight is 460 g/mol. The van der Waals surface area contributed by atoms with Crippen LogP contribution in [0.15, 0.2) is 46.9 Å². The number of nitrogens with one attached hydrogen (secondary N) is 2. The molecule has 7 nitrogen and oxygen atoms in total. The van der Waals surface area contributed by atoms with E-state index >= 15 is 0 Å². The summed E-state index contributed by atoms with van der Waals surface area (Å²) >= 11 is 4.54. The number of hydrogen-bond acceptors (Lipinski definition) is 7. The Morgan fingerprint density at radius 2 is 1.64 bits per heavy atom. The van der Waals surface area contributed by atoms with Gasteiger partial charge in [0, 0.05) is 17.6 Å². The summed E-state index contributed by atoms with van der Waals surface area (Å²) in [6.07, 6.45) is 2.00. The van der Waals surface area contributed by atoms with Crippen molar-refractivity contribution in [2.75, 3.05) is 23.7 Å². The molecule has 1 amide bonds. The number of hydrogen-bond donors (Lipinski definition) is 3. The fourth-order valence-electron chi connectivity index (χ4n) is 3.08. The van der Waals surface area contributed by atoms with Crippen molar-refractivity contribution in [2.24, 2.45) is 0 Å². The Morgan fingerprint density at radius 1 is 1.00 bits per heavy atom. The van der Waals surface area contributed by atoms with Gasteiger partial charge >= 0.3 is 0 Å². The zero-order valence-electron chi connectivity index (χ0n) is 14.9. The molecular weight excluding hydrogens is 442 g/mol. The Labute approximate surface area is 174 Å². The number of rotatable bonds is 5. The van der Waals surface area contributed by atoms with Gasteiger partial charge in [-0.1, -0.05) is 18.2 Å². The van der Waals surface area contributed by atoms with Crippen LogP contribution in [0.4, 0.5) is 23.0 Å². The topological polar surface area (TPSA) is 90.4 Å². The lowest BCUT2D eigenvalue weighted by molar-refractivity contribution is 0.0790. The summed E-state index contributed by atoms with van der Waals surface area (Å²) in [5.74, 6) is 0.773. The standard InChI is InChI=1S/C19H18BrN5O2S/c20-13-7-1-2-8-14(13)21-17-18(24-28-23-17)22-15-9-5-6-12(16(15)26)19(27)25-10-3-4-11-25/h1-2,5-9,26H,3-4,10-11H2,(H,21,23)(H,22,24). The predicted molar refractivity (Wildman–Crippen MR) is 114 cm³/mol. The van der Waals surface area contributed by atoms with Gasteiger partial charge < -0.3 is 20.6 Å². The number of aromatic nitrogens is 2. The zero-order valence-corrected chi connectivity index (χ0v) is 17.3. The third-order valence-corrected chi connectivity index (χ3v) is 5.75. The molecule has 144 valence electrons. The first-order valence-corrected chi connectivity index (χ1v) is 10.4. The highest BCUT2D eigenvalue weighted by atomic mass is 79.9. The number of amides is 1. The van der Waals surface area contributed by atoms with Crippen molar-refractivity contribution in [2.45, 2.75) is 12.8 Å². The molecule has 0 radical (unpaired) electrons. The number of benzene rings is 2. The largest absolute Gasteiger partial charge is 0.505 e. The third kappa shape index (κ3) is 3.81. The summed E-state index contributed by atoms with van der Waals surface area (Å²) in [5.41, 5.74) is 1.55. The van der Waals surface area contributed by atoms with Crippen molar-refractivity contribution in [1.82, 2.24) is 13.6 Å². The van der Waals surface area contributed by atoms with Crippen molar-refractivity contribution in [3.05, 3.63) is 52.5 Å². The highest BCUT2D eigenvalue weighted by Gasteiger charge is 2.23. The number of halogens is 1. The molecule has 1 saturated heterocycles. The van der Waals surface area contributed by atoms with E-state index in [-0.39, 0.29) is 17.2 Å². The average Bonchev–Trinajstić information content (AvgIpc) is 3.37. The summed E-state index contributed by atoms with van der Waals surface area (Å²) in [5, 5.41) is 17.0. The molecular formula is C19H18BrN5O2S. The summed E-state index contributed by atoms with van der Waals surface area (Å²) < 4.78 is 9.44. The first kappa shape index (κ1) is 18.7. The Bertz CT molecular complexity index is 1000. The Morgan fingerprint density at radius 3 is 2.36 bits per heavy atom. The maximum atomic E-state index is 12.7. The molecule has 0 atom stereocenters. The van der Waals surface area contributed by atoms with Crippen LogP contribution < -0.4 is 10.6 Å². The molecule has 2 heterocycles. The number of carbonyl (C=O) groups is 1. The van der Waals surface area contributed by atoms with E-state index in [4.69, 9.17) is 0 Å². The molecule has 2 aromatic carbocycles. The van der Waals surface area contributed by atoms with Crippen molar-refractivity contribution in [3.63, 3.8) is 0 Å². The molecule has 0 saturated carbocycles. The van der Waals surface area contributed by atoms with Gasteiger partial charge in [-0.05, 0) is 53.0 Å². The third-order valence-electron chi connectivity index (χ3n) is 4.53. The smallest absolute Gasteiger partial charge is 0.257 e. The number of anilines is 4. The van der Waals surface area contributed by atoms with Crippen molar-refractivity contribution in [1.29, 1.82) is 0 Å². The van der Waals surface area contributed by atoms with Crippen LogP contribution in [0.2, 0.25) is 0 Å². The van der Waals surface area contributed by atoms with Gasteiger partial charge in [0.2, 0.25) is 0 Å². The molecule has 9 heteroatoms. The number of aromatic hydroxyl groups is 1. The minimum atomic E-state index is -0.151. The van der Waals surface area contributed by atoms with E-state index in [9.17, 15) is 9.90 Å². The number of phenols is 1. The SMILES string of the molecule is O=C(c1cccc(Nc2nsnc2Nc2ccccc2Br)c1O)N1CCCC1. The van der Waals surface area contributed by atoms with Gasteiger partial charge in [-0.2, -0.15) is 8.75 Å². The van der Waals surface area contributed by atoms with E-state index in [0.717, 1.165) is 47.8 Å². The lowest BCUT2D eigenvalue weighted by atomic mass is 10.1. The monoisotopic (exact) mass is 459 g/mol. The summed E-state index contributed by atoms with van der Waals surface area (Å²) in [4.78, 5) is 14.4. The van der Waals surface area contributed by atoms with Crippen molar-refractivity contribution in [3.8, 4) is 5.75 Å². The fourth-order valence-corrected chi connectivity index (χ4v) is 3.93. The maximum absolute atomic E-state index is 12.7. The summed E-state index contributed by atoms with van der Waals surface area (Å²) in [6.45, 7) is 1.46. The van der Waals surface area contributed by atoms with Gasteiger partial charge in [-0.3, -0.25) is 4.79 Å². The van der Waals surface area contributed by atoms with Crippen LogP contribution in [0.3, 0.4) is 0 Å². The second-order valence-corrected chi connectivity index (χ2v) is 7.78. The van der Waals surface area contributed by atoms with Crippen molar-refractivity contribution < 1.29 is 9.90 Å². The highest BCUT2D eigenvalue weighted by molar-refractivity contribution is 9.10. The van der Waals surface area contributed by atoms with Crippen LogP contribution in [0.25, 0.3) is 0 Å². The molecule has 4 rings (SSSR count). The number of carbonyl (C=O) groups excluding carboxylic acids is 1. The Balaban J connectivity index is 1.57. The van der Waals surface area contributed by atoms with Gasteiger partial charge in [-0.15, -0.1) is 0 Å². The van der Waals surface area contributed by atoms with E-state index in [1.165, 1.54) is 0 Å². The van der Waals surface area contributed by atoms with Gasteiger partial charge in [0.15, 0.2) is 17.4 Å². The van der Waals surface area contributed by atoms with E-state index < -0.39 is 0 Å². The van der Waals surface area contributed by atoms with E-state index in [1.54, 1.807) is 23.1 Å². The second-order valence-electron chi connectivity index (χ2n) is 6.39. The molecule has 0 unspecified atom stereocenters. The number of likely N-dealkylation sites (tertiary alicyclic amines) is 1. The van der Waals surface area contributed by atoms with Crippen LogP contribution in [-0.2, 0) is 0 Å². The Hall–Kier alpha value is -2.65. The van der Waals surface area contributed by atoms with Crippen LogP contribution in [0, 0.1) is 0 Å². The molecule has 0 bridgehead atoms. The lowest BCUT2D eigenvalue weighted by Gasteiger charge is -2.17. The van der Waals surface area contributed by atoms with Gasteiger partial charge in [-0.25, -0.2) is 0 Å². The molecule has 0 spiro atoms. The molecule has 1 aromatic heterocycles. The number of nitrogens with zero attached hydrogens (tertiary/aromatic N) is 3. The molecule has 3 N–H and O–H groups in total. The van der Waals surface area contributed by atoms with Gasteiger partial charge in [0.05, 0.1) is 28.7 Å². The fraction of sp³-hybridized carbons (Fsp3) is 0.211. The first-order chi connectivity index (χ1) is 13.6. The predicted octanol–water partition coefficient (Wildman–Crippen LogP) is 4.73. The van der Waals surface area contributed by atoms with Crippen LogP contribution in [0.1, 0.15) is 23.2 Å². The van der Waals surface area contributed by atoms with E-state index in [0.29, 0.717) is 17.3 Å². The minimum Gasteiger partial charge on any atom is -0.505 e. The molecule has 3 aromatic rings. The molecule has 1 fully saturated rings. The van der Waals surface area contributed by atoms with Gasteiger partial charge in [0.1, 0.15) is 0 Å². The van der Waals surface area contributed by atoms with Crippen LogP contribution >= 0.6 is 27.7 Å². The molecule has 0 aliphatic carbocycles. The highest BCUT2D eigenvalue weighted by Crippen LogP contribution is 2.35. The Kier molecular flexibility index (Phi) is 5.45. The lowest BCUT2D eigenvalue weighted by Crippen LogP contribution is -2.27. The normalized spacial score (nSPS) is 13.5. The zero-order chi connectivity index (χ0) is 19.5. The quantitative estimate of drug-likeness (QED) is 0.477. The summed E-state index contributed by atoms with van der Waals surface area (Å²) in [7, 11) is 0. The van der Waals surface area contributed by atoms with Crippen molar-refractivity contribution >= 4 is 56.6 Å². The molecule has 1 aliphatic rings. The number of para-hydroxylation sites is 2. The first-order valence-electron chi connectivity index (χ1n) is 8.86. The molecule has 1 aliphatic heterocycles. The number of phenolic OH excluding ortho intramolecular Hbond substituents is 1. The minimum absolute atomic E-state index is 0.0840. The summed E-state index contributed by atoms with van der Waals surface area (Å²) in [6, 6.07) is 12.8.